The van der Waals surface area contributed by atoms with Crippen molar-refractivity contribution in [3.8, 4) is 0 Å². The molecule has 0 aromatic carbocycles. The summed E-state index contributed by atoms with van der Waals surface area (Å²) in [6, 6.07) is 4.71. The fourth-order valence-electron chi connectivity index (χ4n) is 5.97. The van der Waals surface area contributed by atoms with Gasteiger partial charge in [0.25, 0.3) is 0 Å². The summed E-state index contributed by atoms with van der Waals surface area (Å²) in [6.07, 6.45) is 14.3. The summed E-state index contributed by atoms with van der Waals surface area (Å²) in [6.45, 7) is 2.35. The van der Waals surface area contributed by atoms with Crippen molar-refractivity contribution in [2.45, 2.75) is 57.9 Å². The Balaban J connectivity index is 1.43. The van der Waals surface area contributed by atoms with Crippen molar-refractivity contribution in [3.63, 3.8) is 0 Å². The summed E-state index contributed by atoms with van der Waals surface area (Å²) in [4.78, 5) is 4.20. The quantitative estimate of drug-likeness (QED) is 0.872. The highest BCUT2D eigenvalue weighted by Crippen LogP contribution is 2.61. The van der Waals surface area contributed by atoms with Crippen molar-refractivity contribution < 1.29 is 0 Å². The Hall–Kier alpha value is -1.05. The van der Waals surface area contributed by atoms with Crippen LogP contribution in [0.25, 0.3) is 0 Å². The predicted molar refractivity (Wildman–Crippen MR) is 82.5 cm³/mol. The molecule has 0 saturated heterocycles. The predicted octanol–water partition coefficient (Wildman–Crippen LogP) is 4.49. The van der Waals surface area contributed by atoms with E-state index in [9.17, 15) is 0 Å². The van der Waals surface area contributed by atoms with Gasteiger partial charge in [-0.25, -0.2) is 0 Å². The monoisotopic (exact) mass is 270 g/mol. The molecule has 1 unspecified atom stereocenters. The molecule has 2 nitrogen and oxygen atoms in total. The number of rotatable bonds is 4. The van der Waals surface area contributed by atoms with E-state index >= 15 is 0 Å². The maximum absolute atomic E-state index is 4.20. The minimum Gasteiger partial charge on any atom is -0.381 e. The summed E-state index contributed by atoms with van der Waals surface area (Å²) in [7, 11) is 0. The average molecular weight is 270 g/mol. The van der Waals surface area contributed by atoms with E-state index in [2.05, 4.69) is 23.3 Å². The third-order valence-electron chi connectivity index (χ3n) is 5.98. The molecule has 108 valence electrons. The lowest BCUT2D eigenvalue weighted by Crippen LogP contribution is -2.47. The number of nitrogens with one attached hydrogen (secondary N) is 1. The van der Waals surface area contributed by atoms with Crippen LogP contribution >= 0.6 is 0 Å². The van der Waals surface area contributed by atoms with Crippen molar-refractivity contribution in [3.05, 3.63) is 24.5 Å². The summed E-state index contributed by atoms with van der Waals surface area (Å²) in [5.74, 6) is 3.19. The van der Waals surface area contributed by atoms with Crippen LogP contribution in [0.5, 0.6) is 0 Å². The number of pyridine rings is 1. The molecule has 1 aromatic heterocycles. The molecule has 0 radical (unpaired) electrons. The van der Waals surface area contributed by atoms with Crippen LogP contribution in [0.1, 0.15) is 51.9 Å². The number of hydrogen-bond acceptors (Lipinski definition) is 2. The summed E-state index contributed by atoms with van der Waals surface area (Å²) < 4.78 is 0. The Bertz CT molecular complexity index is 432. The first-order chi connectivity index (χ1) is 9.71. The number of anilines is 1. The molecule has 0 amide bonds. The van der Waals surface area contributed by atoms with Gasteiger partial charge in [-0.15, -0.1) is 0 Å². The third kappa shape index (κ3) is 2.34. The van der Waals surface area contributed by atoms with Crippen LogP contribution in [-0.2, 0) is 0 Å². The van der Waals surface area contributed by atoms with Gasteiger partial charge in [0, 0.05) is 18.4 Å². The lowest BCUT2D eigenvalue weighted by atomic mass is 9.48. The van der Waals surface area contributed by atoms with Crippen molar-refractivity contribution in [1.82, 2.24) is 4.98 Å². The lowest BCUT2D eigenvalue weighted by Gasteiger charge is -2.57. The standard InChI is InChI=1S/C18H26N2/c1-13(20-17-3-2-4-19-12-17)8-18-9-14-5-15(10-18)7-16(6-14)11-18/h2-4,12-16,20H,5-11H2,1H3. The molecule has 1 aromatic rings. The number of nitrogens with zero attached hydrogens (tertiary/aromatic N) is 1. The normalized spacial score (nSPS) is 39.8. The Kier molecular flexibility index (Phi) is 3.01. The molecular formula is C18H26N2. The Morgan fingerprint density at radius 2 is 1.85 bits per heavy atom. The molecule has 4 bridgehead atoms. The van der Waals surface area contributed by atoms with E-state index < -0.39 is 0 Å². The van der Waals surface area contributed by atoms with E-state index in [0.29, 0.717) is 11.5 Å². The lowest BCUT2D eigenvalue weighted by molar-refractivity contribution is -0.0587. The second-order valence-corrected chi connectivity index (χ2v) is 7.91. The van der Waals surface area contributed by atoms with Crippen LogP contribution in [0.3, 0.4) is 0 Å². The summed E-state index contributed by atoms with van der Waals surface area (Å²) in [5, 5.41) is 3.65. The van der Waals surface area contributed by atoms with Crippen molar-refractivity contribution in [2.75, 3.05) is 5.32 Å². The topological polar surface area (TPSA) is 24.9 Å². The van der Waals surface area contributed by atoms with Gasteiger partial charge in [-0.3, -0.25) is 4.98 Å². The highest BCUT2D eigenvalue weighted by molar-refractivity contribution is 5.40. The average Bonchev–Trinajstić information content (AvgIpc) is 2.37. The molecule has 1 atom stereocenters. The molecule has 4 fully saturated rings. The molecule has 1 heterocycles. The van der Waals surface area contributed by atoms with Crippen LogP contribution in [0.2, 0.25) is 0 Å². The van der Waals surface area contributed by atoms with Crippen molar-refractivity contribution in [2.24, 2.45) is 23.2 Å². The van der Waals surface area contributed by atoms with E-state index in [1.54, 1.807) is 19.3 Å². The SMILES string of the molecule is CC(CC12CC3CC(CC(C3)C1)C2)Nc1cccnc1. The van der Waals surface area contributed by atoms with Gasteiger partial charge < -0.3 is 5.32 Å². The highest BCUT2D eigenvalue weighted by Gasteiger charge is 2.50. The summed E-state index contributed by atoms with van der Waals surface area (Å²) in [5.41, 5.74) is 1.84. The fraction of sp³-hybridized carbons (Fsp3) is 0.722. The molecule has 1 N–H and O–H groups in total. The van der Waals surface area contributed by atoms with Crippen LogP contribution in [0.15, 0.2) is 24.5 Å². The van der Waals surface area contributed by atoms with Gasteiger partial charge in [0.05, 0.1) is 5.69 Å². The maximum atomic E-state index is 4.20. The number of aromatic nitrogens is 1. The van der Waals surface area contributed by atoms with Crippen molar-refractivity contribution >= 4 is 5.69 Å². The molecule has 5 rings (SSSR count). The van der Waals surface area contributed by atoms with E-state index in [1.165, 1.54) is 31.4 Å². The largest absolute Gasteiger partial charge is 0.381 e. The molecule has 4 saturated carbocycles. The Labute approximate surface area is 122 Å². The van der Waals surface area contributed by atoms with Gasteiger partial charge in [0.2, 0.25) is 0 Å². The van der Waals surface area contributed by atoms with Crippen LogP contribution in [0, 0.1) is 23.2 Å². The van der Waals surface area contributed by atoms with Gasteiger partial charge in [-0.05, 0) is 87.2 Å². The van der Waals surface area contributed by atoms with Gasteiger partial charge in [-0.1, -0.05) is 0 Å². The molecule has 4 aliphatic rings. The molecule has 4 aliphatic carbocycles. The minimum absolute atomic E-state index is 0.565. The van der Waals surface area contributed by atoms with Gasteiger partial charge in [0.1, 0.15) is 0 Å². The molecule has 0 spiro atoms. The first kappa shape index (κ1) is 12.7. The van der Waals surface area contributed by atoms with Crippen LogP contribution < -0.4 is 5.32 Å². The van der Waals surface area contributed by atoms with Crippen molar-refractivity contribution in [1.29, 1.82) is 0 Å². The van der Waals surface area contributed by atoms with Gasteiger partial charge in [0.15, 0.2) is 0 Å². The molecule has 0 aliphatic heterocycles. The number of hydrogen-bond donors (Lipinski definition) is 1. The second kappa shape index (κ2) is 4.75. The van der Waals surface area contributed by atoms with E-state index in [1.807, 2.05) is 18.5 Å². The highest BCUT2D eigenvalue weighted by atomic mass is 14.9. The second-order valence-electron chi connectivity index (χ2n) is 7.91. The van der Waals surface area contributed by atoms with Gasteiger partial charge >= 0.3 is 0 Å². The molecular weight excluding hydrogens is 244 g/mol. The first-order valence-electron chi connectivity index (χ1n) is 8.37. The van der Waals surface area contributed by atoms with Crippen LogP contribution in [0.4, 0.5) is 5.69 Å². The summed E-state index contributed by atoms with van der Waals surface area (Å²) >= 11 is 0. The first-order valence-corrected chi connectivity index (χ1v) is 8.37. The van der Waals surface area contributed by atoms with Crippen LogP contribution in [-0.4, -0.2) is 11.0 Å². The molecule has 20 heavy (non-hydrogen) atoms. The third-order valence-corrected chi connectivity index (χ3v) is 5.98. The Morgan fingerprint density at radius 3 is 2.40 bits per heavy atom. The smallest absolute Gasteiger partial charge is 0.0528 e. The van der Waals surface area contributed by atoms with E-state index in [-0.39, 0.29) is 0 Å². The maximum Gasteiger partial charge on any atom is 0.0528 e. The zero-order valence-electron chi connectivity index (χ0n) is 12.5. The Morgan fingerprint density at radius 1 is 1.20 bits per heavy atom. The van der Waals surface area contributed by atoms with Gasteiger partial charge in [-0.2, -0.15) is 0 Å². The zero-order valence-corrected chi connectivity index (χ0v) is 12.5. The zero-order chi connectivity index (χ0) is 13.6. The van der Waals surface area contributed by atoms with E-state index in [0.717, 1.165) is 17.8 Å². The molecule has 2 heteroatoms. The fourth-order valence-corrected chi connectivity index (χ4v) is 5.97. The van der Waals surface area contributed by atoms with E-state index in [4.69, 9.17) is 0 Å². The minimum atomic E-state index is 0.565.